The average Bonchev–Trinajstić information content (AvgIpc) is 3.06. The highest BCUT2D eigenvalue weighted by atomic mass is 15.2. The Morgan fingerprint density at radius 2 is 2.18 bits per heavy atom. The maximum atomic E-state index is 9.61. The van der Waals surface area contributed by atoms with Gasteiger partial charge >= 0.3 is 0 Å². The zero-order valence-corrected chi connectivity index (χ0v) is 11.4. The van der Waals surface area contributed by atoms with Crippen LogP contribution in [0.25, 0.3) is 0 Å². The first-order chi connectivity index (χ1) is 8.04. The third-order valence-corrected chi connectivity index (χ3v) is 4.48. The van der Waals surface area contributed by atoms with Gasteiger partial charge < -0.3 is 0 Å². The molecule has 1 unspecified atom stereocenters. The summed E-state index contributed by atoms with van der Waals surface area (Å²) in [4.78, 5) is 2.51. The fraction of sp³-hybridized carbons (Fsp3) is 0.929. The third kappa shape index (κ3) is 2.48. The van der Waals surface area contributed by atoms with Crippen LogP contribution in [0, 0.1) is 17.2 Å². The topological polar surface area (TPSA) is 39.1 Å². The fourth-order valence-electron chi connectivity index (χ4n) is 3.14. The van der Waals surface area contributed by atoms with Gasteiger partial charge in [-0.25, -0.2) is 0 Å². The highest BCUT2D eigenvalue weighted by Crippen LogP contribution is 2.41. The van der Waals surface area contributed by atoms with Crippen molar-refractivity contribution >= 4 is 0 Å². The number of nitrogens with zero attached hydrogens (tertiary/aromatic N) is 2. The SMILES string of the molecule is CCNC(C#N)(CN1CCCC1(C)C)C1CC1. The fourth-order valence-corrected chi connectivity index (χ4v) is 3.14. The molecule has 0 aromatic carbocycles. The van der Waals surface area contributed by atoms with Crippen molar-refractivity contribution in [3.05, 3.63) is 0 Å². The molecule has 0 aromatic heterocycles. The second-order valence-electron chi connectivity index (χ2n) is 6.23. The summed E-state index contributed by atoms with van der Waals surface area (Å²) in [6, 6.07) is 2.59. The van der Waals surface area contributed by atoms with Gasteiger partial charge in [-0.2, -0.15) is 5.26 Å². The summed E-state index contributed by atoms with van der Waals surface area (Å²) in [6.07, 6.45) is 4.96. The first kappa shape index (κ1) is 12.9. The molecule has 0 spiro atoms. The summed E-state index contributed by atoms with van der Waals surface area (Å²) < 4.78 is 0. The number of nitrogens with one attached hydrogen (secondary N) is 1. The van der Waals surface area contributed by atoms with E-state index in [9.17, 15) is 5.26 Å². The van der Waals surface area contributed by atoms with E-state index in [2.05, 4.69) is 37.1 Å². The van der Waals surface area contributed by atoms with E-state index in [0.717, 1.165) is 19.6 Å². The van der Waals surface area contributed by atoms with Crippen LogP contribution in [0.1, 0.15) is 46.5 Å². The number of hydrogen-bond donors (Lipinski definition) is 1. The minimum absolute atomic E-state index is 0.270. The molecule has 0 aromatic rings. The summed E-state index contributed by atoms with van der Waals surface area (Å²) in [5.41, 5.74) is -0.0250. The van der Waals surface area contributed by atoms with Gasteiger partial charge in [0.25, 0.3) is 0 Å². The van der Waals surface area contributed by atoms with Crippen molar-refractivity contribution in [3.8, 4) is 6.07 Å². The van der Waals surface area contributed by atoms with Crippen molar-refractivity contribution in [3.63, 3.8) is 0 Å². The maximum absolute atomic E-state index is 9.61. The largest absolute Gasteiger partial charge is 0.298 e. The summed E-state index contributed by atoms with van der Waals surface area (Å²) in [6.45, 7) is 9.65. The van der Waals surface area contributed by atoms with Crippen LogP contribution >= 0.6 is 0 Å². The number of likely N-dealkylation sites (tertiary alicyclic amines) is 1. The van der Waals surface area contributed by atoms with Crippen molar-refractivity contribution in [1.82, 2.24) is 10.2 Å². The van der Waals surface area contributed by atoms with E-state index in [1.165, 1.54) is 25.7 Å². The molecule has 0 radical (unpaired) electrons. The van der Waals surface area contributed by atoms with E-state index in [0.29, 0.717) is 5.92 Å². The van der Waals surface area contributed by atoms with Crippen LogP contribution in [0.15, 0.2) is 0 Å². The lowest BCUT2D eigenvalue weighted by Gasteiger charge is -2.39. The van der Waals surface area contributed by atoms with Gasteiger partial charge in [-0.1, -0.05) is 6.92 Å². The van der Waals surface area contributed by atoms with Gasteiger partial charge in [0, 0.05) is 12.1 Å². The molecule has 1 N–H and O–H groups in total. The van der Waals surface area contributed by atoms with Crippen molar-refractivity contribution in [2.24, 2.45) is 5.92 Å². The maximum Gasteiger partial charge on any atom is 0.122 e. The van der Waals surface area contributed by atoms with Crippen molar-refractivity contribution in [1.29, 1.82) is 5.26 Å². The molecule has 0 bridgehead atoms. The first-order valence-corrected chi connectivity index (χ1v) is 6.95. The van der Waals surface area contributed by atoms with Crippen molar-refractivity contribution in [2.75, 3.05) is 19.6 Å². The molecule has 1 aliphatic carbocycles. The van der Waals surface area contributed by atoms with E-state index in [-0.39, 0.29) is 11.1 Å². The standard InChI is InChI=1S/C14H25N3/c1-4-16-14(10-15,12-6-7-12)11-17-9-5-8-13(17,2)3/h12,16H,4-9,11H2,1-3H3. The molecule has 2 rings (SSSR count). The first-order valence-electron chi connectivity index (χ1n) is 6.95. The Bertz CT molecular complexity index is 314. The minimum atomic E-state index is -0.295. The Kier molecular flexibility index (Phi) is 3.47. The molecule has 2 fully saturated rings. The second kappa shape index (κ2) is 4.59. The predicted octanol–water partition coefficient (Wildman–Crippen LogP) is 2.14. The van der Waals surface area contributed by atoms with Gasteiger partial charge in [0.15, 0.2) is 0 Å². The number of hydrogen-bond acceptors (Lipinski definition) is 3. The van der Waals surface area contributed by atoms with Crippen LogP contribution in [0.5, 0.6) is 0 Å². The lowest BCUT2D eigenvalue weighted by atomic mass is 9.92. The van der Waals surface area contributed by atoms with Crippen LogP contribution in [0.2, 0.25) is 0 Å². The Morgan fingerprint density at radius 1 is 1.47 bits per heavy atom. The van der Waals surface area contributed by atoms with Crippen LogP contribution < -0.4 is 5.32 Å². The zero-order valence-electron chi connectivity index (χ0n) is 11.4. The quantitative estimate of drug-likeness (QED) is 0.793. The number of rotatable bonds is 5. The molecular weight excluding hydrogens is 210 g/mol. The molecule has 3 nitrogen and oxygen atoms in total. The molecule has 96 valence electrons. The Balaban J connectivity index is 2.10. The van der Waals surface area contributed by atoms with Crippen LogP contribution in [-0.4, -0.2) is 35.6 Å². The number of nitriles is 1. The summed E-state index contributed by atoms with van der Waals surface area (Å²) >= 11 is 0. The molecule has 1 saturated heterocycles. The highest BCUT2D eigenvalue weighted by molar-refractivity contribution is 5.17. The predicted molar refractivity (Wildman–Crippen MR) is 69.6 cm³/mol. The molecule has 2 aliphatic rings. The van der Waals surface area contributed by atoms with Gasteiger partial charge in [0.1, 0.15) is 5.54 Å². The van der Waals surface area contributed by atoms with Crippen molar-refractivity contribution in [2.45, 2.75) is 57.5 Å². The number of likely N-dealkylation sites (N-methyl/N-ethyl adjacent to an activating group) is 1. The molecule has 1 saturated carbocycles. The van der Waals surface area contributed by atoms with Crippen LogP contribution in [0.3, 0.4) is 0 Å². The van der Waals surface area contributed by atoms with E-state index >= 15 is 0 Å². The Labute approximate surface area is 105 Å². The third-order valence-electron chi connectivity index (χ3n) is 4.48. The summed E-state index contributed by atoms with van der Waals surface area (Å²) in [5, 5.41) is 13.1. The molecule has 1 atom stereocenters. The molecule has 0 amide bonds. The van der Waals surface area contributed by atoms with Gasteiger partial charge in [-0.15, -0.1) is 0 Å². The van der Waals surface area contributed by atoms with E-state index in [4.69, 9.17) is 0 Å². The van der Waals surface area contributed by atoms with Crippen LogP contribution in [0.4, 0.5) is 0 Å². The monoisotopic (exact) mass is 235 g/mol. The second-order valence-corrected chi connectivity index (χ2v) is 6.23. The molecular formula is C14H25N3. The van der Waals surface area contributed by atoms with Crippen LogP contribution in [-0.2, 0) is 0 Å². The molecule has 1 heterocycles. The van der Waals surface area contributed by atoms with E-state index in [1.807, 2.05) is 0 Å². The van der Waals surface area contributed by atoms with Gasteiger partial charge in [0.05, 0.1) is 6.07 Å². The summed E-state index contributed by atoms with van der Waals surface area (Å²) in [7, 11) is 0. The van der Waals surface area contributed by atoms with Crippen molar-refractivity contribution < 1.29 is 0 Å². The molecule has 3 heteroatoms. The Hall–Kier alpha value is -0.590. The summed E-state index contributed by atoms with van der Waals surface area (Å²) in [5.74, 6) is 0.573. The van der Waals surface area contributed by atoms with Gasteiger partial charge in [-0.05, 0) is 58.5 Å². The van der Waals surface area contributed by atoms with E-state index in [1.54, 1.807) is 0 Å². The lowest BCUT2D eigenvalue weighted by molar-refractivity contribution is 0.129. The molecule has 17 heavy (non-hydrogen) atoms. The van der Waals surface area contributed by atoms with Gasteiger partial charge in [-0.3, -0.25) is 10.2 Å². The Morgan fingerprint density at radius 3 is 2.59 bits per heavy atom. The average molecular weight is 235 g/mol. The normalized spacial score (nSPS) is 27.6. The van der Waals surface area contributed by atoms with E-state index < -0.39 is 0 Å². The van der Waals surface area contributed by atoms with Gasteiger partial charge in [0.2, 0.25) is 0 Å². The zero-order chi connectivity index (χ0) is 12.5. The highest BCUT2D eigenvalue weighted by Gasteiger charge is 2.48. The molecule has 1 aliphatic heterocycles. The lowest BCUT2D eigenvalue weighted by Crippen LogP contribution is -2.57. The minimum Gasteiger partial charge on any atom is -0.298 e. The smallest absolute Gasteiger partial charge is 0.122 e.